The Balaban J connectivity index is 0.00000833. The average Bonchev–Trinajstić information content (AvgIpc) is 2.94. The molecule has 0 aromatic heterocycles. The summed E-state index contributed by atoms with van der Waals surface area (Å²) >= 11 is 0. The van der Waals surface area contributed by atoms with E-state index >= 15 is 0 Å². The normalized spacial score (nSPS) is 13.4. The van der Waals surface area contributed by atoms with Crippen LogP contribution >= 0.6 is 12.4 Å². The van der Waals surface area contributed by atoms with Gasteiger partial charge < -0.3 is 19.9 Å². The smallest absolute Gasteiger partial charge is 0.416 e. The summed E-state index contributed by atoms with van der Waals surface area (Å²) in [5.41, 5.74) is -10.8. The molecule has 0 aliphatic heterocycles. The van der Waals surface area contributed by atoms with E-state index in [4.69, 9.17) is 9.47 Å². The van der Waals surface area contributed by atoms with E-state index in [0.717, 1.165) is 18.2 Å². The fraction of sp³-hybridized carbons (Fsp3) is 0.333. The standard InChI is InChI=1S/C30H23F12NO5.ClH/c1-26(2,3)43-13-21(44)14-4-5-22(47-24(45)15-6-17(27(31,32)33)11-18(7-15)28(34,35)36)23(10-14)48-25(46)16-8-19(29(37,38)39)12-20(9-16)30(40,41)42;/h4-12,21,43-44H,13H2,1-3H3;1H. The van der Waals surface area contributed by atoms with E-state index in [1.165, 1.54) is 0 Å². The molecule has 3 aromatic rings. The number of rotatable bonds is 7. The molecule has 0 bridgehead atoms. The van der Waals surface area contributed by atoms with Crippen LogP contribution in [0.4, 0.5) is 52.7 Å². The zero-order chi connectivity index (χ0) is 36.6. The van der Waals surface area contributed by atoms with Crippen LogP contribution in [0, 0.1) is 0 Å². The van der Waals surface area contributed by atoms with Crippen molar-refractivity contribution in [3.63, 3.8) is 0 Å². The summed E-state index contributed by atoms with van der Waals surface area (Å²) in [5, 5.41) is 13.5. The number of aliphatic hydroxyl groups is 1. The van der Waals surface area contributed by atoms with E-state index in [0.29, 0.717) is 0 Å². The Morgan fingerprint density at radius 3 is 1.29 bits per heavy atom. The molecule has 0 aliphatic carbocycles. The first-order chi connectivity index (χ1) is 21.6. The molecule has 0 amide bonds. The Bertz CT molecular complexity index is 1610. The van der Waals surface area contributed by atoms with Gasteiger partial charge in [0.15, 0.2) is 11.5 Å². The first-order valence-electron chi connectivity index (χ1n) is 13.3. The van der Waals surface area contributed by atoms with Gasteiger partial charge in [0.25, 0.3) is 0 Å². The van der Waals surface area contributed by atoms with E-state index in [1.807, 2.05) is 0 Å². The van der Waals surface area contributed by atoms with Crippen LogP contribution in [0.15, 0.2) is 54.6 Å². The van der Waals surface area contributed by atoms with Crippen molar-refractivity contribution in [2.45, 2.75) is 57.1 Å². The first kappa shape index (κ1) is 41.1. The van der Waals surface area contributed by atoms with E-state index in [-0.39, 0.29) is 60.9 Å². The molecule has 270 valence electrons. The van der Waals surface area contributed by atoms with Crippen LogP contribution in [0.3, 0.4) is 0 Å². The molecule has 0 spiro atoms. The van der Waals surface area contributed by atoms with Crippen LogP contribution in [-0.2, 0) is 24.7 Å². The monoisotopic (exact) mass is 741 g/mol. The Hall–Kier alpha value is -4.03. The minimum atomic E-state index is -5.36. The number of β-amino-alcohol motifs (C(OH)–C–C–N with tert-alkyl or cyclic N) is 1. The van der Waals surface area contributed by atoms with Crippen LogP contribution < -0.4 is 14.8 Å². The maximum Gasteiger partial charge on any atom is 0.416 e. The third-order valence-corrected chi connectivity index (χ3v) is 6.23. The summed E-state index contributed by atoms with van der Waals surface area (Å²) in [7, 11) is 0. The molecular weight excluding hydrogens is 718 g/mol. The summed E-state index contributed by atoms with van der Waals surface area (Å²) in [6.45, 7) is 4.98. The molecule has 0 saturated carbocycles. The summed E-state index contributed by atoms with van der Waals surface area (Å²) < 4.78 is 170. The molecular formula is C30H24ClF12NO5. The van der Waals surface area contributed by atoms with Crippen LogP contribution in [0.25, 0.3) is 0 Å². The lowest BCUT2D eigenvalue weighted by Gasteiger charge is -2.23. The number of hydrogen-bond donors (Lipinski definition) is 2. The molecule has 6 nitrogen and oxygen atoms in total. The minimum Gasteiger partial charge on any atom is -0.419 e. The van der Waals surface area contributed by atoms with Crippen molar-refractivity contribution < 1.29 is 76.9 Å². The van der Waals surface area contributed by atoms with Crippen molar-refractivity contribution >= 4 is 24.3 Å². The number of alkyl halides is 12. The first-order valence-corrected chi connectivity index (χ1v) is 13.3. The van der Waals surface area contributed by atoms with Gasteiger partial charge in [-0.3, -0.25) is 0 Å². The number of ether oxygens (including phenoxy) is 2. The predicted octanol–water partition coefficient (Wildman–Crippen LogP) is 9.04. The van der Waals surface area contributed by atoms with Gasteiger partial charge in [0.05, 0.1) is 39.5 Å². The zero-order valence-corrected chi connectivity index (χ0v) is 25.8. The molecule has 3 rings (SSSR count). The molecule has 19 heteroatoms. The second kappa shape index (κ2) is 14.4. The van der Waals surface area contributed by atoms with Gasteiger partial charge in [0.1, 0.15) is 0 Å². The molecule has 0 aliphatic rings. The quantitative estimate of drug-likeness (QED) is 0.143. The van der Waals surface area contributed by atoms with Crippen molar-refractivity contribution in [1.29, 1.82) is 0 Å². The number of esters is 2. The predicted molar refractivity (Wildman–Crippen MR) is 149 cm³/mol. The second-order valence-corrected chi connectivity index (χ2v) is 11.2. The van der Waals surface area contributed by atoms with Gasteiger partial charge in [-0.1, -0.05) is 6.07 Å². The summed E-state index contributed by atoms with van der Waals surface area (Å²) in [6.07, 6.45) is -22.9. The van der Waals surface area contributed by atoms with Crippen molar-refractivity contribution in [2.75, 3.05) is 6.54 Å². The Morgan fingerprint density at radius 1 is 0.612 bits per heavy atom. The topological polar surface area (TPSA) is 84.9 Å². The fourth-order valence-corrected chi connectivity index (χ4v) is 3.88. The summed E-state index contributed by atoms with van der Waals surface area (Å²) in [6, 6.07) is 2.16. The molecule has 0 saturated heterocycles. The van der Waals surface area contributed by atoms with Gasteiger partial charge in [0, 0.05) is 12.1 Å². The molecule has 1 unspecified atom stereocenters. The van der Waals surface area contributed by atoms with Crippen LogP contribution in [0.2, 0.25) is 0 Å². The Morgan fingerprint density at radius 2 is 0.959 bits per heavy atom. The number of carbonyl (C=O) groups excluding carboxylic acids is 2. The van der Waals surface area contributed by atoms with Gasteiger partial charge in [-0.05, 0) is 74.9 Å². The molecule has 1 atom stereocenters. The lowest BCUT2D eigenvalue weighted by Crippen LogP contribution is -2.38. The molecule has 2 N–H and O–H groups in total. The highest BCUT2D eigenvalue weighted by Gasteiger charge is 2.39. The summed E-state index contributed by atoms with van der Waals surface area (Å²) in [4.78, 5) is 25.7. The third-order valence-electron chi connectivity index (χ3n) is 6.23. The van der Waals surface area contributed by atoms with Crippen molar-refractivity contribution in [1.82, 2.24) is 5.32 Å². The largest absolute Gasteiger partial charge is 0.419 e. The Labute approximate surface area is 275 Å². The number of carbonyl (C=O) groups is 2. The van der Waals surface area contributed by atoms with E-state index < -0.39 is 93.2 Å². The highest BCUT2D eigenvalue weighted by Crippen LogP contribution is 2.39. The van der Waals surface area contributed by atoms with Crippen LogP contribution in [-0.4, -0.2) is 29.1 Å². The van der Waals surface area contributed by atoms with Gasteiger partial charge in [-0.2, -0.15) is 52.7 Å². The van der Waals surface area contributed by atoms with Crippen molar-refractivity contribution in [3.05, 3.63) is 93.5 Å². The van der Waals surface area contributed by atoms with E-state index in [9.17, 15) is 67.4 Å². The number of halogens is 13. The number of aliphatic hydroxyl groups excluding tert-OH is 1. The molecule has 0 radical (unpaired) electrons. The van der Waals surface area contributed by atoms with Crippen molar-refractivity contribution in [2.24, 2.45) is 0 Å². The molecule has 0 heterocycles. The maximum atomic E-state index is 13.3. The molecule has 3 aromatic carbocycles. The fourth-order valence-electron chi connectivity index (χ4n) is 3.88. The van der Waals surface area contributed by atoms with E-state index in [1.54, 1.807) is 20.8 Å². The van der Waals surface area contributed by atoms with Gasteiger partial charge in [-0.25, -0.2) is 9.59 Å². The van der Waals surface area contributed by atoms with Gasteiger partial charge in [-0.15, -0.1) is 12.4 Å². The van der Waals surface area contributed by atoms with Crippen LogP contribution in [0.5, 0.6) is 11.5 Å². The van der Waals surface area contributed by atoms with Crippen LogP contribution in [0.1, 0.15) is 75.4 Å². The molecule has 49 heavy (non-hydrogen) atoms. The SMILES string of the molecule is CC(C)(C)NCC(O)c1ccc(OC(=O)c2cc(C(F)(F)F)cc(C(F)(F)F)c2)c(OC(=O)c2cc(C(F)(F)F)cc(C(F)(F)F)c2)c1.Cl. The second-order valence-electron chi connectivity index (χ2n) is 11.2. The highest BCUT2D eigenvalue weighted by molar-refractivity contribution is 5.94. The third kappa shape index (κ3) is 11.3. The van der Waals surface area contributed by atoms with Gasteiger partial charge in [0.2, 0.25) is 0 Å². The number of nitrogens with one attached hydrogen (secondary N) is 1. The zero-order valence-electron chi connectivity index (χ0n) is 25.0. The molecule has 0 fully saturated rings. The highest BCUT2D eigenvalue weighted by atomic mass is 35.5. The maximum absolute atomic E-state index is 13.3. The van der Waals surface area contributed by atoms with E-state index in [2.05, 4.69) is 5.32 Å². The lowest BCUT2D eigenvalue weighted by atomic mass is 10.0. The lowest BCUT2D eigenvalue weighted by molar-refractivity contribution is -0.144. The van der Waals surface area contributed by atoms with Crippen molar-refractivity contribution in [3.8, 4) is 11.5 Å². The number of benzene rings is 3. The number of hydrogen-bond acceptors (Lipinski definition) is 6. The average molecular weight is 742 g/mol. The Kier molecular flexibility index (Phi) is 12.1. The summed E-state index contributed by atoms with van der Waals surface area (Å²) in [5.74, 6) is -5.59. The van der Waals surface area contributed by atoms with Gasteiger partial charge >= 0.3 is 36.6 Å². The minimum absolute atomic E-state index is 0.